The third kappa shape index (κ3) is 5.52. The van der Waals surface area contributed by atoms with Gasteiger partial charge in [-0.2, -0.15) is 0 Å². The number of carbonyl (C=O) groups is 2. The second-order valence-corrected chi connectivity index (χ2v) is 4.51. The average Bonchev–Trinajstić information content (AvgIpc) is 2.31. The summed E-state index contributed by atoms with van der Waals surface area (Å²) in [6.45, 7) is 5.20. The largest absolute Gasteiger partial charge is 0.338 e. The van der Waals surface area contributed by atoms with Crippen LogP contribution in [0.15, 0.2) is 24.3 Å². The molecule has 0 saturated heterocycles. The minimum absolute atomic E-state index is 0.186. The number of hydrogen-bond donors (Lipinski definition) is 2. The van der Waals surface area contributed by atoms with E-state index in [1.54, 1.807) is 6.92 Å². The van der Waals surface area contributed by atoms with E-state index in [1.807, 2.05) is 43.1 Å². The standard InChI is InChI=1S/C14H21N3O2/c1-4-15-14(19)16-13(18)10-17(3)9-12-8-6-5-7-11(12)2/h5-8H,4,9-10H2,1-3H3,(H2,15,16,18,19). The summed E-state index contributed by atoms with van der Waals surface area (Å²) in [4.78, 5) is 24.7. The van der Waals surface area contributed by atoms with Crippen molar-refractivity contribution in [2.24, 2.45) is 0 Å². The molecule has 0 fully saturated rings. The van der Waals surface area contributed by atoms with Crippen LogP contribution in [0.4, 0.5) is 4.79 Å². The molecule has 0 radical (unpaired) electrons. The van der Waals surface area contributed by atoms with Gasteiger partial charge in [0.25, 0.3) is 0 Å². The Kier molecular flexibility index (Phi) is 6.02. The lowest BCUT2D eigenvalue weighted by molar-refractivity contribution is -0.120. The molecule has 19 heavy (non-hydrogen) atoms. The molecule has 0 aliphatic carbocycles. The van der Waals surface area contributed by atoms with E-state index in [1.165, 1.54) is 11.1 Å². The van der Waals surface area contributed by atoms with Gasteiger partial charge in [-0.1, -0.05) is 24.3 Å². The van der Waals surface area contributed by atoms with E-state index in [9.17, 15) is 9.59 Å². The molecule has 0 atom stereocenters. The molecule has 2 N–H and O–H groups in total. The first kappa shape index (κ1) is 15.2. The van der Waals surface area contributed by atoms with E-state index in [0.717, 1.165) is 0 Å². The number of hydrogen-bond acceptors (Lipinski definition) is 3. The Morgan fingerprint density at radius 2 is 1.95 bits per heavy atom. The van der Waals surface area contributed by atoms with Gasteiger partial charge in [-0.05, 0) is 32.0 Å². The number of urea groups is 1. The molecule has 1 aromatic rings. The van der Waals surface area contributed by atoms with Gasteiger partial charge in [-0.3, -0.25) is 15.0 Å². The smallest absolute Gasteiger partial charge is 0.321 e. The van der Waals surface area contributed by atoms with Crippen LogP contribution in [-0.2, 0) is 11.3 Å². The predicted molar refractivity (Wildman–Crippen MR) is 74.7 cm³/mol. The van der Waals surface area contributed by atoms with Crippen molar-refractivity contribution >= 4 is 11.9 Å². The predicted octanol–water partition coefficient (Wildman–Crippen LogP) is 1.27. The van der Waals surface area contributed by atoms with Gasteiger partial charge in [0.1, 0.15) is 0 Å². The number of aryl methyl sites for hydroxylation is 1. The van der Waals surface area contributed by atoms with Crippen molar-refractivity contribution in [3.63, 3.8) is 0 Å². The summed E-state index contributed by atoms with van der Waals surface area (Å²) in [6.07, 6.45) is 0. The lowest BCUT2D eigenvalue weighted by Crippen LogP contribution is -2.43. The van der Waals surface area contributed by atoms with Crippen molar-refractivity contribution in [2.75, 3.05) is 20.1 Å². The van der Waals surface area contributed by atoms with E-state index >= 15 is 0 Å². The van der Waals surface area contributed by atoms with Gasteiger partial charge in [0.05, 0.1) is 6.54 Å². The Morgan fingerprint density at radius 3 is 2.58 bits per heavy atom. The fourth-order valence-corrected chi connectivity index (χ4v) is 1.75. The molecular weight excluding hydrogens is 242 g/mol. The van der Waals surface area contributed by atoms with Gasteiger partial charge in [0, 0.05) is 13.1 Å². The minimum Gasteiger partial charge on any atom is -0.338 e. The third-order valence-corrected chi connectivity index (χ3v) is 2.71. The molecule has 104 valence electrons. The van der Waals surface area contributed by atoms with Crippen LogP contribution in [0.1, 0.15) is 18.1 Å². The molecule has 3 amide bonds. The number of imide groups is 1. The van der Waals surface area contributed by atoms with E-state index < -0.39 is 6.03 Å². The highest BCUT2D eigenvalue weighted by Crippen LogP contribution is 2.08. The monoisotopic (exact) mass is 263 g/mol. The number of likely N-dealkylation sites (N-methyl/N-ethyl adjacent to an activating group) is 1. The molecule has 1 aromatic carbocycles. The summed E-state index contributed by atoms with van der Waals surface area (Å²) in [5.74, 6) is -0.304. The molecule has 5 heteroatoms. The number of rotatable bonds is 5. The zero-order valence-corrected chi connectivity index (χ0v) is 11.7. The summed E-state index contributed by atoms with van der Waals surface area (Å²) in [5, 5.41) is 4.80. The summed E-state index contributed by atoms with van der Waals surface area (Å²) < 4.78 is 0. The maximum atomic E-state index is 11.6. The SMILES string of the molecule is CCNC(=O)NC(=O)CN(C)Cc1ccccc1C. The number of amides is 3. The summed E-state index contributed by atoms with van der Waals surface area (Å²) in [6, 6.07) is 7.59. The summed E-state index contributed by atoms with van der Waals surface area (Å²) in [5.41, 5.74) is 2.37. The quantitative estimate of drug-likeness (QED) is 0.841. The summed E-state index contributed by atoms with van der Waals surface area (Å²) in [7, 11) is 1.85. The average molecular weight is 263 g/mol. The second-order valence-electron chi connectivity index (χ2n) is 4.51. The van der Waals surface area contributed by atoms with Crippen molar-refractivity contribution in [2.45, 2.75) is 20.4 Å². The van der Waals surface area contributed by atoms with Crippen LogP contribution in [0.5, 0.6) is 0 Å². The third-order valence-electron chi connectivity index (χ3n) is 2.71. The molecule has 5 nitrogen and oxygen atoms in total. The minimum atomic E-state index is -0.447. The molecular formula is C14H21N3O2. The highest BCUT2D eigenvalue weighted by Gasteiger charge is 2.10. The van der Waals surface area contributed by atoms with Crippen LogP contribution >= 0.6 is 0 Å². The Labute approximate surface area is 114 Å². The van der Waals surface area contributed by atoms with Gasteiger partial charge in [0.2, 0.25) is 5.91 Å². The number of benzene rings is 1. The molecule has 0 aliphatic rings. The van der Waals surface area contributed by atoms with Crippen LogP contribution in [0.25, 0.3) is 0 Å². The van der Waals surface area contributed by atoms with Gasteiger partial charge < -0.3 is 5.32 Å². The Morgan fingerprint density at radius 1 is 1.26 bits per heavy atom. The van der Waals surface area contributed by atoms with Crippen molar-refractivity contribution in [1.82, 2.24) is 15.5 Å². The highest BCUT2D eigenvalue weighted by atomic mass is 16.2. The van der Waals surface area contributed by atoms with E-state index in [-0.39, 0.29) is 12.5 Å². The summed E-state index contributed by atoms with van der Waals surface area (Å²) >= 11 is 0. The molecule has 0 spiro atoms. The van der Waals surface area contributed by atoms with Gasteiger partial charge >= 0.3 is 6.03 Å². The first-order chi connectivity index (χ1) is 9.02. The Bertz CT molecular complexity index is 446. The van der Waals surface area contributed by atoms with Crippen LogP contribution in [0.2, 0.25) is 0 Å². The fraction of sp³-hybridized carbons (Fsp3) is 0.429. The Hall–Kier alpha value is -1.88. The van der Waals surface area contributed by atoms with Crippen LogP contribution in [0.3, 0.4) is 0 Å². The molecule has 0 bridgehead atoms. The maximum Gasteiger partial charge on any atom is 0.321 e. The van der Waals surface area contributed by atoms with Crippen LogP contribution in [-0.4, -0.2) is 37.0 Å². The van der Waals surface area contributed by atoms with E-state index in [0.29, 0.717) is 13.1 Å². The zero-order chi connectivity index (χ0) is 14.3. The van der Waals surface area contributed by atoms with Crippen molar-refractivity contribution < 1.29 is 9.59 Å². The van der Waals surface area contributed by atoms with Crippen molar-refractivity contribution in [3.05, 3.63) is 35.4 Å². The lowest BCUT2D eigenvalue weighted by Gasteiger charge is -2.17. The fourth-order valence-electron chi connectivity index (χ4n) is 1.75. The van der Waals surface area contributed by atoms with Crippen molar-refractivity contribution in [3.8, 4) is 0 Å². The first-order valence-corrected chi connectivity index (χ1v) is 6.33. The number of nitrogens with one attached hydrogen (secondary N) is 2. The lowest BCUT2D eigenvalue weighted by atomic mass is 10.1. The zero-order valence-electron chi connectivity index (χ0n) is 11.7. The topological polar surface area (TPSA) is 61.4 Å². The molecule has 0 aromatic heterocycles. The Balaban J connectivity index is 2.43. The molecule has 0 heterocycles. The van der Waals surface area contributed by atoms with E-state index in [4.69, 9.17) is 0 Å². The molecule has 0 saturated carbocycles. The van der Waals surface area contributed by atoms with Crippen LogP contribution in [0, 0.1) is 6.92 Å². The van der Waals surface area contributed by atoms with Gasteiger partial charge in [-0.15, -0.1) is 0 Å². The van der Waals surface area contributed by atoms with Gasteiger partial charge in [-0.25, -0.2) is 4.79 Å². The first-order valence-electron chi connectivity index (χ1n) is 6.33. The normalized spacial score (nSPS) is 10.3. The second kappa shape index (κ2) is 7.53. The molecule has 0 aliphatic heterocycles. The maximum absolute atomic E-state index is 11.6. The number of nitrogens with zero attached hydrogens (tertiary/aromatic N) is 1. The van der Waals surface area contributed by atoms with E-state index in [2.05, 4.69) is 10.6 Å². The number of carbonyl (C=O) groups excluding carboxylic acids is 2. The molecule has 0 unspecified atom stereocenters. The molecule has 1 rings (SSSR count). The highest BCUT2D eigenvalue weighted by molar-refractivity contribution is 5.95. The van der Waals surface area contributed by atoms with Gasteiger partial charge in [0.15, 0.2) is 0 Å². The van der Waals surface area contributed by atoms with Crippen molar-refractivity contribution in [1.29, 1.82) is 0 Å². The van der Waals surface area contributed by atoms with Crippen LogP contribution < -0.4 is 10.6 Å².